The second-order valence-corrected chi connectivity index (χ2v) is 6.48. The summed E-state index contributed by atoms with van der Waals surface area (Å²) in [7, 11) is 1.57. The fourth-order valence-corrected chi connectivity index (χ4v) is 2.79. The SMILES string of the molecule is COc1ccc(NC(=O)/C(C#N)=C\c2ccc(-c3cccc(Br)c3)o2)cc1. The number of furan rings is 1. The van der Waals surface area contributed by atoms with Crippen LogP contribution in [0.15, 0.2) is 75.1 Å². The molecule has 0 aliphatic carbocycles. The number of methoxy groups -OCH3 is 1. The molecular formula is C21H15BrN2O3. The van der Waals surface area contributed by atoms with Gasteiger partial charge in [0.15, 0.2) is 0 Å². The molecular weight excluding hydrogens is 408 g/mol. The van der Waals surface area contributed by atoms with Gasteiger partial charge in [0, 0.05) is 21.8 Å². The van der Waals surface area contributed by atoms with Crippen molar-refractivity contribution in [3.05, 3.63) is 76.5 Å². The van der Waals surface area contributed by atoms with Crippen molar-refractivity contribution in [1.82, 2.24) is 0 Å². The monoisotopic (exact) mass is 422 g/mol. The number of hydrogen-bond donors (Lipinski definition) is 1. The molecule has 0 saturated carbocycles. The lowest BCUT2D eigenvalue weighted by molar-refractivity contribution is -0.112. The Morgan fingerprint density at radius 2 is 1.96 bits per heavy atom. The summed E-state index contributed by atoms with van der Waals surface area (Å²) in [5.74, 6) is 1.24. The fourth-order valence-electron chi connectivity index (χ4n) is 2.39. The van der Waals surface area contributed by atoms with E-state index in [1.165, 1.54) is 6.08 Å². The van der Waals surface area contributed by atoms with Gasteiger partial charge in [-0.1, -0.05) is 28.1 Å². The first kappa shape index (κ1) is 18.5. The predicted molar refractivity (Wildman–Crippen MR) is 107 cm³/mol. The van der Waals surface area contributed by atoms with E-state index in [-0.39, 0.29) is 5.57 Å². The van der Waals surface area contributed by atoms with E-state index >= 15 is 0 Å². The molecule has 5 nitrogen and oxygen atoms in total. The van der Waals surface area contributed by atoms with Gasteiger partial charge in [0.25, 0.3) is 5.91 Å². The van der Waals surface area contributed by atoms with E-state index in [1.54, 1.807) is 43.5 Å². The molecule has 6 heteroatoms. The van der Waals surface area contributed by atoms with Crippen LogP contribution in [0.3, 0.4) is 0 Å². The molecule has 0 aliphatic rings. The van der Waals surface area contributed by atoms with Crippen molar-refractivity contribution in [1.29, 1.82) is 5.26 Å². The molecule has 0 radical (unpaired) electrons. The van der Waals surface area contributed by atoms with Crippen LogP contribution in [0.5, 0.6) is 5.75 Å². The zero-order chi connectivity index (χ0) is 19.2. The van der Waals surface area contributed by atoms with E-state index in [0.717, 1.165) is 10.0 Å². The highest BCUT2D eigenvalue weighted by atomic mass is 79.9. The first-order valence-corrected chi connectivity index (χ1v) is 8.81. The number of hydrogen-bond acceptors (Lipinski definition) is 4. The average molecular weight is 423 g/mol. The zero-order valence-corrected chi connectivity index (χ0v) is 16.0. The normalized spacial score (nSPS) is 10.9. The van der Waals surface area contributed by atoms with E-state index in [0.29, 0.717) is 23.0 Å². The Bertz CT molecular complexity index is 1030. The van der Waals surface area contributed by atoms with E-state index in [4.69, 9.17) is 9.15 Å². The number of carbonyl (C=O) groups is 1. The van der Waals surface area contributed by atoms with Crippen molar-refractivity contribution in [2.45, 2.75) is 0 Å². The second-order valence-electron chi connectivity index (χ2n) is 5.56. The summed E-state index contributed by atoms with van der Waals surface area (Å²) in [6, 6.07) is 19.9. The number of nitrogens with zero attached hydrogens (tertiary/aromatic N) is 1. The lowest BCUT2D eigenvalue weighted by Gasteiger charge is -2.05. The number of ether oxygens (including phenoxy) is 1. The standard InChI is InChI=1S/C21H15BrN2O3/c1-26-18-7-5-17(6-8-18)24-21(25)15(13-23)12-19-9-10-20(27-19)14-3-2-4-16(22)11-14/h2-12H,1H3,(H,24,25)/b15-12-. The highest BCUT2D eigenvalue weighted by molar-refractivity contribution is 9.10. The highest BCUT2D eigenvalue weighted by Crippen LogP contribution is 2.26. The van der Waals surface area contributed by atoms with E-state index < -0.39 is 5.91 Å². The van der Waals surface area contributed by atoms with Gasteiger partial charge in [0.1, 0.15) is 28.9 Å². The molecule has 27 heavy (non-hydrogen) atoms. The number of amides is 1. The highest BCUT2D eigenvalue weighted by Gasteiger charge is 2.12. The van der Waals surface area contributed by atoms with Gasteiger partial charge in [-0.05, 0) is 48.5 Å². The van der Waals surface area contributed by atoms with Gasteiger partial charge in [-0.25, -0.2) is 0 Å². The van der Waals surface area contributed by atoms with Gasteiger partial charge in [0.2, 0.25) is 0 Å². The van der Waals surface area contributed by atoms with Crippen LogP contribution < -0.4 is 10.1 Å². The maximum absolute atomic E-state index is 12.3. The molecule has 0 aliphatic heterocycles. The van der Waals surface area contributed by atoms with Crippen LogP contribution in [0.1, 0.15) is 5.76 Å². The minimum absolute atomic E-state index is 0.0547. The largest absolute Gasteiger partial charge is 0.497 e. The molecule has 3 rings (SSSR count). The van der Waals surface area contributed by atoms with Crippen molar-refractivity contribution in [2.75, 3.05) is 12.4 Å². The third-order valence-corrected chi connectivity index (χ3v) is 4.23. The molecule has 0 saturated heterocycles. The Morgan fingerprint density at radius 1 is 1.19 bits per heavy atom. The number of rotatable bonds is 5. The summed E-state index contributed by atoms with van der Waals surface area (Å²) >= 11 is 3.42. The topological polar surface area (TPSA) is 75.3 Å². The Labute approximate surface area is 165 Å². The van der Waals surface area contributed by atoms with Crippen molar-refractivity contribution in [3.8, 4) is 23.1 Å². The summed E-state index contributed by atoms with van der Waals surface area (Å²) in [6.07, 6.45) is 1.42. The first-order valence-electron chi connectivity index (χ1n) is 8.02. The van der Waals surface area contributed by atoms with Crippen LogP contribution in [-0.2, 0) is 4.79 Å². The quantitative estimate of drug-likeness (QED) is 0.449. The minimum atomic E-state index is -0.511. The minimum Gasteiger partial charge on any atom is -0.497 e. The average Bonchev–Trinajstić information content (AvgIpc) is 3.15. The number of benzene rings is 2. The third kappa shape index (κ3) is 4.66. The smallest absolute Gasteiger partial charge is 0.266 e. The van der Waals surface area contributed by atoms with Gasteiger partial charge in [-0.2, -0.15) is 5.26 Å². The lowest BCUT2D eigenvalue weighted by Crippen LogP contribution is -2.13. The Kier molecular flexibility index (Phi) is 5.74. The Morgan fingerprint density at radius 3 is 2.63 bits per heavy atom. The second kappa shape index (κ2) is 8.39. The number of nitriles is 1. The summed E-state index contributed by atoms with van der Waals surface area (Å²) in [4.78, 5) is 12.3. The van der Waals surface area contributed by atoms with Crippen LogP contribution in [-0.4, -0.2) is 13.0 Å². The molecule has 1 N–H and O–H groups in total. The summed E-state index contributed by atoms with van der Waals surface area (Å²) in [6.45, 7) is 0. The molecule has 1 heterocycles. The molecule has 3 aromatic rings. The predicted octanol–water partition coefficient (Wildman–Crippen LogP) is 5.26. The van der Waals surface area contributed by atoms with Crippen molar-refractivity contribution in [3.63, 3.8) is 0 Å². The number of nitrogens with one attached hydrogen (secondary N) is 1. The van der Waals surface area contributed by atoms with Crippen LogP contribution in [0.25, 0.3) is 17.4 Å². The Balaban J connectivity index is 1.77. The summed E-state index contributed by atoms with van der Waals surface area (Å²) < 4.78 is 11.8. The fraction of sp³-hybridized carbons (Fsp3) is 0.0476. The van der Waals surface area contributed by atoms with E-state index in [9.17, 15) is 10.1 Å². The lowest BCUT2D eigenvalue weighted by atomic mass is 10.2. The van der Waals surface area contributed by atoms with Crippen molar-refractivity contribution in [2.24, 2.45) is 0 Å². The Hall–Kier alpha value is -3.30. The van der Waals surface area contributed by atoms with Gasteiger partial charge >= 0.3 is 0 Å². The van der Waals surface area contributed by atoms with Crippen LogP contribution in [0.4, 0.5) is 5.69 Å². The molecule has 0 spiro atoms. The third-order valence-electron chi connectivity index (χ3n) is 3.74. The maximum Gasteiger partial charge on any atom is 0.266 e. The summed E-state index contributed by atoms with van der Waals surface area (Å²) in [5.41, 5.74) is 1.40. The zero-order valence-electron chi connectivity index (χ0n) is 14.4. The first-order chi connectivity index (χ1) is 13.1. The molecule has 1 amide bonds. The van der Waals surface area contributed by atoms with Gasteiger partial charge < -0.3 is 14.5 Å². The molecule has 0 fully saturated rings. The van der Waals surface area contributed by atoms with Crippen LogP contribution >= 0.6 is 15.9 Å². The van der Waals surface area contributed by atoms with E-state index in [1.807, 2.05) is 30.3 Å². The van der Waals surface area contributed by atoms with Crippen molar-refractivity contribution < 1.29 is 13.9 Å². The number of halogens is 1. The molecule has 1 aromatic heterocycles. The van der Waals surface area contributed by atoms with Gasteiger partial charge in [-0.3, -0.25) is 4.79 Å². The molecule has 0 unspecified atom stereocenters. The van der Waals surface area contributed by atoms with Gasteiger partial charge in [0.05, 0.1) is 7.11 Å². The molecule has 2 aromatic carbocycles. The van der Waals surface area contributed by atoms with Crippen molar-refractivity contribution >= 4 is 33.6 Å². The van der Waals surface area contributed by atoms with Gasteiger partial charge in [-0.15, -0.1) is 0 Å². The molecule has 0 atom stereocenters. The van der Waals surface area contributed by atoms with E-state index in [2.05, 4.69) is 21.2 Å². The summed E-state index contributed by atoms with van der Waals surface area (Å²) in [5, 5.41) is 12.0. The van der Waals surface area contributed by atoms with Crippen LogP contribution in [0.2, 0.25) is 0 Å². The number of anilines is 1. The molecule has 134 valence electrons. The maximum atomic E-state index is 12.3. The van der Waals surface area contributed by atoms with Crippen LogP contribution in [0, 0.1) is 11.3 Å². The molecule has 0 bridgehead atoms. The number of carbonyl (C=O) groups excluding carboxylic acids is 1.